The van der Waals surface area contributed by atoms with Gasteiger partial charge in [-0.2, -0.15) is 0 Å². The summed E-state index contributed by atoms with van der Waals surface area (Å²) in [6.07, 6.45) is 1.34. The third kappa shape index (κ3) is 2.12. The average Bonchev–Trinajstić information content (AvgIpc) is 2.17. The SMILES string of the molecule is COc1ccnc(OC)c1CC(=O)O. The second-order valence-corrected chi connectivity index (χ2v) is 2.57. The van der Waals surface area contributed by atoms with E-state index in [1.165, 1.54) is 20.4 Å². The summed E-state index contributed by atoms with van der Waals surface area (Å²) < 4.78 is 9.94. The summed E-state index contributed by atoms with van der Waals surface area (Å²) in [6, 6.07) is 1.60. The van der Waals surface area contributed by atoms with Gasteiger partial charge in [0.05, 0.1) is 26.2 Å². The number of rotatable bonds is 4. The van der Waals surface area contributed by atoms with E-state index in [1.807, 2.05) is 0 Å². The normalized spacial score (nSPS) is 9.57. The maximum Gasteiger partial charge on any atom is 0.308 e. The van der Waals surface area contributed by atoms with Crippen molar-refractivity contribution in [2.45, 2.75) is 6.42 Å². The maximum absolute atomic E-state index is 10.6. The highest BCUT2D eigenvalue weighted by Gasteiger charge is 2.14. The average molecular weight is 197 g/mol. The van der Waals surface area contributed by atoms with Crippen molar-refractivity contribution >= 4 is 5.97 Å². The molecule has 1 N–H and O–H groups in total. The molecule has 0 spiro atoms. The van der Waals surface area contributed by atoms with Gasteiger partial charge < -0.3 is 14.6 Å². The molecule has 1 aromatic rings. The summed E-state index contributed by atoms with van der Waals surface area (Å²) in [5.74, 6) is -0.194. The highest BCUT2D eigenvalue weighted by molar-refractivity contribution is 5.72. The summed E-state index contributed by atoms with van der Waals surface area (Å²) in [6.45, 7) is 0. The topological polar surface area (TPSA) is 68.7 Å². The summed E-state index contributed by atoms with van der Waals surface area (Å²) in [5, 5.41) is 8.67. The fourth-order valence-electron chi connectivity index (χ4n) is 1.14. The zero-order chi connectivity index (χ0) is 10.6. The zero-order valence-electron chi connectivity index (χ0n) is 7.98. The van der Waals surface area contributed by atoms with Crippen molar-refractivity contribution < 1.29 is 19.4 Å². The smallest absolute Gasteiger partial charge is 0.308 e. The first-order chi connectivity index (χ1) is 6.69. The maximum atomic E-state index is 10.6. The predicted octanol–water partition coefficient (Wildman–Crippen LogP) is 0.726. The molecule has 76 valence electrons. The number of carboxylic acids is 1. The van der Waals surface area contributed by atoms with Gasteiger partial charge in [0.1, 0.15) is 5.75 Å². The van der Waals surface area contributed by atoms with Crippen LogP contribution in [-0.2, 0) is 11.2 Å². The Kier molecular flexibility index (Phi) is 3.28. The molecule has 1 aromatic heterocycles. The van der Waals surface area contributed by atoms with E-state index in [9.17, 15) is 4.79 Å². The Balaban J connectivity index is 3.12. The summed E-state index contributed by atoms with van der Waals surface area (Å²) in [7, 11) is 2.91. The molecule has 1 rings (SSSR count). The number of carboxylic acid groups (broad SMARTS) is 1. The minimum Gasteiger partial charge on any atom is -0.496 e. The highest BCUT2D eigenvalue weighted by atomic mass is 16.5. The summed E-state index contributed by atoms with van der Waals surface area (Å²) in [5.41, 5.74) is 0.449. The van der Waals surface area contributed by atoms with Gasteiger partial charge in [0.2, 0.25) is 5.88 Å². The van der Waals surface area contributed by atoms with Crippen LogP contribution >= 0.6 is 0 Å². The summed E-state index contributed by atoms with van der Waals surface area (Å²) >= 11 is 0. The minimum absolute atomic E-state index is 0.166. The molecule has 0 amide bonds. The van der Waals surface area contributed by atoms with Crippen molar-refractivity contribution in [2.24, 2.45) is 0 Å². The van der Waals surface area contributed by atoms with Crippen LogP contribution in [0.5, 0.6) is 11.6 Å². The molecule has 0 aliphatic carbocycles. The van der Waals surface area contributed by atoms with Gasteiger partial charge in [-0.3, -0.25) is 4.79 Å². The quantitative estimate of drug-likeness (QED) is 0.770. The lowest BCUT2D eigenvalue weighted by Gasteiger charge is -2.09. The zero-order valence-corrected chi connectivity index (χ0v) is 7.98. The molecule has 0 aliphatic rings. The van der Waals surface area contributed by atoms with Gasteiger partial charge in [-0.15, -0.1) is 0 Å². The monoisotopic (exact) mass is 197 g/mol. The van der Waals surface area contributed by atoms with Crippen molar-refractivity contribution in [3.8, 4) is 11.6 Å². The van der Waals surface area contributed by atoms with Crippen LogP contribution in [0.3, 0.4) is 0 Å². The molecule has 14 heavy (non-hydrogen) atoms. The largest absolute Gasteiger partial charge is 0.496 e. The van der Waals surface area contributed by atoms with Crippen molar-refractivity contribution in [2.75, 3.05) is 14.2 Å². The van der Waals surface area contributed by atoms with Crippen LogP contribution in [0.4, 0.5) is 0 Å². The van der Waals surface area contributed by atoms with E-state index < -0.39 is 5.97 Å². The molecule has 0 aliphatic heterocycles. The number of hydrogen-bond donors (Lipinski definition) is 1. The Hall–Kier alpha value is -1.78. The van der Waals surface area contributed by atoms with E-state index >= 15 is 0 Å². The highest BCUT2D eigenvalue weighted by Crippen LogP contribution is 2.25. The molecule has 0 aromatic carbocycles. The second-order valence-electron chi connectivity index (χ2n) is 2.57. The molecule has 0 saturated carbocycles. The predicted molar refractivity (Wildman–Crippen MR) is 48.7 cm³/mol. The van der Waals surface area contributed by atoms with E-state index in [1.54, 1.807) is 6.07 Å². The van der Waals surface area contributed by atoms with E-state index in [2.05, 4.69) is 4.98 Å². The molecule has 0 atom stereocenters. The Morgan fingerprint density at radius 2 is 2.21 bits per heavy atom. The van der Waals surface area contributed by atoms with Crippen LogP contribution in [0.2, 0.25) is 0 Å². The lowest BCUT2D eigenvalue weighted by molar-refractivity contribution is -0.136. The van der Waals surface area contributed by atoms with Gasteiger partial charge in [0.25, 0.3) is 0 Å². The minimum atomic E-state index is -0.949. The molecular formula is C9H11NO4. The number of pyridine rings is 1. The van der Waals surface area contributed by atoms with Gasteiger partial charge in [-0.25, -0.2) is 4.98 Å². The van der Waals surface area contributed by atoms with E-state index in [-0.39, 0.29) is 12.3 Å². The number of aromatic nitrogens is 1. The van der Waals surface area contributed by atoms with E-state index in [4.69, 9.17) is 14.6 Å². The molecule has 0 bridgehead atoms. The van der Waals surface area contributed by atoms with Crippen molar-refractivity contribution in [1.29, 1.82) is 0 Å². The van der Waals surface area contributed by atoms with E-state index in [0.717, 1.165) is 0 Å². The van der Waals surface area contributed by atoms with Gasteiger partial charge in [0, 0.05) is 6.20 Å². The van der Waals surface area contributed by atoms with Gasteiger partial charge in [-0.1, -0.05) is 0 Å². The third-order valence-corrected chi connectivity index (χ3v) is 1.71. The second kappa shape index (κ2) is 4.45. The van der Waals surface area contributed by atoms with Crippen LogP contribution in [0.25, 0.3) is 0 Å². The fourth-order valence-corrected chi connectivity index (χ4v) is 1.14. The summed E-state index contributed by atoms with van der Waals surface area (Å²) in [4.78, 5) is 14.5. The first-order valence-corrected chi connectivity index (χ1v) is 3.96. The molecule has 0 unspecified atom stereocenters. The molecule has 5 nitrogen and oxygen atoms in total. The number of nitrogens with zero attached hydrogens (tertiary/aromatic N) is 1. The van der Waals surface area contributed by atoms with Crippen molar-refractivity contribution in [1.82, 2.24) is 4.98 Å². The van der Waals surface area contributed by atoms with Crippen LogP contribution < -0.4 is 9.47 Å². The number of ether oxygens (including phenoxy) is 2. The Morgan fingerprint density at radius 1 is 1.50 bits per heavy atom. The standard InChI is InChI=1S/C9H11NO4/c1-13-7-3-4-10-9(14-2)6(7)5-8(11)12/h3-4H,5H2,1-2H3,(H,11,12). The van der Waals surface area contributed by atoms with Gasteiger partial charge in [-0.05, 0) is 6.07 Å². The van der Waals surface area contributed by atoms with Crippen LogP contribution in [0.1, 0.15) is 5.56 Å². The lowest BCUT2D eigenvalue weighted by Crippen LogP contribution is -2.05. The molecule has 0 radical (unpaired) electrons. The Labute approximate surface area is 81.3 Å². The molecule has 0 fully saturated rings. The van der Waals surface area contributed by atoms with Gasteiger partial charge in [0.15, 0.2) is 0 Å². The van der Waals surface area contributed by atoms with Crippen molar-refractivity contribution in [3.05, 3.63) is 17.8 Å². The molecule has 0 saturated heterocycles. The Morgan fingerprint density at radius 3 is 2.71 bits per heavy atom. The number of aliphatic carboxylic acids is 1. The van der Waals surface area contributed by atoms with Crippen LogP contribution in [0, 0.1) is 0 Å². The number of methoxy groups -OCH3 is 2. The first-order valence-electron chi connectivity index (χ1n) is 3.96. The molecule has 5 heteroatoms. The lowest BCUT2D eigenvalue weighted by atomic mass is 10.2. The fraction of sp³-hybridized carbons (Fsp3) is 0.333. The first kappa shape index (κ1) is 10.3. The van der Waals surface area contributed by atoms with E-state index in [0.29, 0.717) is 11.3 Å². The van der Waals surface area contributed by atoms with Gasteiger partial charge >= 0.3 is 5.97 Å². The Bertz CT molecular complexity index is 315. The van der Waals surface area contributed by atoms with Crippen LogP contribution in [0.15, 0.2) is 12.3 Å². The van der Waals surface area contributed by atoms with Crippen molar-refractivity contribution in [3.63, 3.8) is 0 Å². The third-order valence-electron chi connectivity index (χ3n) is 1.71. The molecular weight excluding hydrogens is 186 g/mol. The number of hydrogen-bond acceptors (Lipinski definition) is 4. The van der Waals surface area contributed by atoms with Crippen LogP contribution in [-0.4, -0.2) is 30.3 Å². The number of carbonyl (C=O) groups is 1. The molecule has 1 heterocycles.